The Labute approximate surface area is 151 Å². The van der Waals surface area contributed by atoms with Crippen LogP contribution in [0.3, 0.4) is 0 Å². The summed E-state index contributed by atoms with van der Waals surface area (Å²) in [7, 11) is 0. The molecular formula is C18H20ClN3O3. The lowest BCUT2D eigenvalue weighted by atomic mass is 10.0. The Morgan fingerprint density at radius 1 is 1.40 bits per heavy atom. The maximum absolute atomic E-state index is 12.7. The predicted molar refractivity (Wildman–Crippen MR) is 94.3 cm³/mol. The number of nitrogens with zero attached hydrogens (tertiary/aromatic N) is 2. The number of likely N-dealkylation sites (tertiary alicyclic amines) is 1. The van der Waals surface area contributed by atoms with Gasteiger partial charge >= 0.3 is 0 Å². The van der Waals surface area contributed by atoms with Crippen LogP contribution in [0.5, 0.6) is 0 Å². The number of halogens is 1. The highest BCUT2D eigenvalue weighted by molar-refractivity contribution is 6.30. The molecule has 1 saturated heterocycles. The summed E-state index contributed by atoms with van der Waals surface area (Å²) in [6, 6.07) is 8.80. The van der Waals surface area contributed by atoms with Crippen molar-refractivity contribution < 1.29 is 14.1 Å². The van der Waals surface area contributed by atoms with Crippen LogP contribution in [0, 0.1) is 0 Å². The van der Waals surface area contributed by atoms with Crippen molar-refractivity contribution in [2.24, 2.45) is 0 Å². The van der Waals surface area contributed by atoms with Crippen LogP contribution in [-0.4, -0.2) is 41.0 Å². The molecule has 6 nitrogen and oxygen atoms in total. The summed E-state index contributed by atoms with van der Waals surface area (Å²) in [5, 5.41) is 7.44. The minimum Gasteiger partial charge on any atom is -0.355 e. The minimum atomic E-state index is -0.188. The Kier molecular flexibility index (Phi) is 5.38. The fourth-order valence-corrected chi connectivity index (χ4v) is 3.12. The first kappa shape index (κ1) is 17.5. The van der Waals surface area contributed by atoms with Crippen molar-refractivity contribution >= 4 is 23.4 Å². The molecular weight excluding hydrogens is 342 g/mol. The molecule has 1 aromatic carbocycles. The zero-order valence-corrected chi connectivity index (χ0v) is 14.8. The van der Waals surface area contributed by atoms with Gasteiger partial charge < -0.3 is 14.7 Å². The van der Waals surface area contributed by atoms with Crippen molar-refractivity contribution in [3.05, 3.63) is 41.0 Å². The third-order valence-electron chi connectivity index (χ3n) is 4.23. The van der Waals surface area contributed by atoms with Crippen LogP contribution in [0.15, 0.2) is 34.9 Å². The molecule has 1 N–H and O–H groups in total. The number of carbonyl (C=O) groups is 2. The molecule has 132 valence electrons. The topological polar surface area (TPSA) is 75.4 Å². The average molecular weight is 362 g/mol. The lowest BCUT2D eigenvalue weighted by molar-refractivity contribution is -0.121. The number of benzene rings is 1. The van der Waals surface area contributed by atoms with Crippen molar-refractivity contribution in [1.82, 2.24) is 15.4 Å². The van der Waals surface area contributed by atoms with E-state index in [0.29, 0.717) is 30.3 Å². The summed E-state index contributed by atoms with van der Waals surface area (Å²) in [5.41, 5.74) is 1.03. The van der Waals surface area contributed by atoms with E-state index >= 15 is 0 Å². The first-order valence-electron chi connectivity index (χ1n) is 8.38. The van der Waals surface area contributed by atoms with E-state index < -0.39 is 0 Å². The molecule has 0 aliphatic carbocycles. The summed E-state index contributed by atoms with van der Waals surface area (Å²) in [6.45, 7) is 2.95. The third-order valence-corrected chi connectivity index (χ3v) is 4.47. The number of aromatic nitrogens is 1. The van der Waals surface area contributed by atoms with E-state index in [1.807, 2.05) is 19.1 Å². The molecule has 3 rings (SSSR count). The Morgan fingerprint density at radius 2 is 2.24 bits per heavy atom. The number of hydrogen-bond donors (Lipinski definition) is 1. The first-order chi connectivity index (χ1) is 12.1. The van der Waals surface area contributed by atoms with Gasteiger partial charge in [0.15, 0.2) is 11.5 Å². The van der Waals surface area contributed by atoms with E-state index in [1.165, 1.54) is 0 Å². The van der Waals surface area contributed by atoms with Gasteiger partial charge in [-0.15, -0.1) is 0 Å². The minimum absolute atomic E-state index is 0.00368. The quantitative estimate of drug-likeness (QED) is 0.907. The largest absolute Gasteiger partial charge is 0.355 e. The monoisotopic (exact) mass is 361 g/mol. The number of rotatable bonds is 4. The lowest BCUT2D eigenvalue weighted by Gasteiger charge is -2.32. The number of carbonyl (C=O) groups excluding carboxylic acids is 2. The van der Waals surface area contributed by atoms with Gasteiger partial charge in [-0.25, -0.2) is 0 Å². The third kappa shape index (κ3) is 4.20. The highest BCUT2D eigenvalue weighted by Crippen LogP contribution is 2.24. The van der Waals surface area contributed by atoms with Crippen molar-refractivity contribution in [2.75, 3.05) is 13.1 Å². The molecule has 0 spiro atoms. The molecule has 1 fully saturated rings. The lowest BCUT2D eigenvalue weighted by Crippen LogP contribution is -2.49. The SMILES string of the molecule is CCC(=O)NC1CCCN(C(=O)c2cc(-c3cccc(Cl)c3)on2)C1. The number of amides is 2. The number of hydrogen-bond acceptors (Lipinski definition) is 4. The predicted octanol–water partition coefficient (Wildman–Crippen LogP) is 3.13. The zero-order chi connectivity index (χ0) is 17.8. The van der Waals surface area contributed by atoms with Crippen LogP contribution >= 0.6 is 11.6 Å². The summed E-state index contributed by atoms with van der Waals surface area (Å²) in [6.07, 6.45) is 2.16. The summed E-state index contributed by atoms with van der Waals surface area (Å²) in [5.74, 6) is 0.315. The second-order valence-electron chi connectivity index (χ2n) is 6.10. The molecule has 0 radical (unpaired) electrons. The Bertz CT molecular complexity index is 774. The maximum Gasteiger partial charge on any atom is 0.276 e. The molecule has 1 atom stereocenters. The van der Waals surface area contributed by atoms with Crippen LogP contribution in [0.1, 0.15) is 36.7 Å². The summed E-state index contributed by atoms with van der Waals surface area (Å²) < 4.78 is 5.30. The van der Waals surface area contributed by atoms with Gasteiger partial charge in [-0.3, -0.25) is 9.59 Å². The molecule has 1 aliphatic rings. The van der Waals surface area contributed by atoms with Crippen molar-refractivity contribution in [1.29, 1.82) is 0 Å². The van der Waals surface area contributed by atoms with Gasteiger partial charge in [0.25, 0.3) is 5.91 Å². The van der Waals surface area contributed by atoms with Gasteiger partial charge in [-0.2, -0.15) is 0 Å². The Hall–Kier alpha value is -2.34. The van der Waals surface area contributed by atoms with E-state index in [2.05, 4.69) is 10.5 Å². The first-order valence-corrected chi connectivity index (χ1v) is 8.76. The van der Waals surface area contributed by atoms with Crippen LogP contribution < -0.4 is 5.32 Å². The van der Waals surface area contributed by atoms with E-state index in [-0.39, 0.29) is 23.6 Å². The van der Waals surface area contributed by atoms with E-state index in [0.717, 1.165) is 18.4 Å². The second-order valence-corrected chi connectivity index (χ2v) is 6.53. The van der Waals surface area contributed by atoms with Crippen molar-refractivity contribution in [3.63, 3.8) is 0 Å². The molecule has 1 aromatic heterocycles. The molecule has 0 bridgehead atoms. The molecule has 0 saturated carbocycles. The molecule has 1 aliphatic heterocycles. The van der Waals surface area contributed by atoms with Gasteiger partial charge in [-0.1, -0.05) is 35.8 Å². The van der Waals surface area contributed by atoms with Crippen molar-refractivity contribution in [2.45, 2.75) is 32.2 Å². The van der Waals surface area contributed by atoms with E-state index in [1.54, 1.807) is 23.1 Å². The van der Waals surface area contributed by atoms with E-state index in [9.17, 15) is 9.59 Å². The molecule has 2 heterocycles. The maximum atomic E-state index is 12.7. The van der Waals surface area contributed by atoms with Gasteiger partial charge in [0, 0.05) is 42.2 Å². The van der Waals surface area contributed by atoms with Crippen LogP contribution in [0.25, 0.3) is 11.3 Å². The molecule has 2 amide bonds. The number of piperidine rings is 1. The van der Waals surface area contributed by atoms with Gasteiger partial charge in [0.1, 0.15) is 0 Å². The van der Waals surface area contributed by atoms with Gasteiger partial charge in [-0.05, 0) is 25.0 Å². The summed E-state index contributed by atoms with van der Waals surface area (Å²) >= 11 is 5.98. The fraction of sp³-hybridized carbons (Fsp3) is 0.389. The molecule has 25 heavy (non-hydrogen) atoms. The van der Waals surface area contributed by atoms with Gasteiger partial charge in [0.2, 0.25) is 5.91 Å². The zero-order valence-electron chi connectivity index (χ0n) is 14.0. The fourth-order valence-electron chi connectivity index (χ4n) is 2.92. The highest BCUT2D eigenvalue weighted by Gasteiger charge is 2.27. The van der Waals surface area contributed by atoms with Crippen LogP contribution in [0.4, 0.5) is 0 Å². The second kappa shape index (κ2) is 7.70. The Morgan fingerprint density at radius 3 is 3.00 bits per heavy atom. The normalized spacial score (nSPS) is 17.4. The number of nitrogens with one attached hydrogen (secondary N) is 1. The average Bonchev–Trinajstić information content (AvgIpc) is 3.11. The smallest absolute Gasteiger partial charge is 0.276 e. The van der Waals surface area contributed by atoms with E-state index in [4.69, 9.17) is 16.1 Å². The van der Waals surface area contributed by atoms with Gasteiger partial charge in [0.05, 0.1) is 0 Å². The molecule has 7 heteroatoms. The molecule has 2 aromatic rings. The Balaban J connectivity index is 1.70. The van der Waals surface area contributed by atoms with Crippen molar-refractivity contribution in [3.8, 4) is 11.3 Å². The van der Waals surface area contributed by atoms with Crippen LogP contribution in [-0.2, 0) is 4.79 Å². The van der Waals surface area contributed by atoms with Crippen LogP contribution in [0.2, 0.25) is 5.02 Å². The highest BCUT2D eigenvalue weighted by atomic mass is 35.5. The standard InChI is InChI=1S/C18H20ClN3O3/c1-2-17(23)20-14-7-4-8-22(11-14)18(24)15-10-16(25-21-15)12-5-3-6-13(19)9-12/h3,5-6,9-10,14H,2,4,7-8,11H2,1H3,(H,20,23). The molecule has 1 unspecified atom stereocenters. The summed E-state index contributed by atoms with van der Waals surface area (Å²) in [4.78, 5) is 26.0.